The average Bonchev–Trinajstić information content (AvgIpc) is 2.63. The van der Waals surface area contributed by atoms with E-state index in [0.717, 1.165) is 0 Å². The van der Waals surface area contributed by atoms with E-state index in [9.17, 15) is 0 Å². The maximum atomic E-state index is 2.08. The minimum absolute atomic E-state index is 0. The van der Waals surface area contributed by atoms with Crippen LogP contribution >= 0.6 is 0 Å². The zero-order valence-electron chi connectivity index (χ0n) is 7.97. The first kappa shape index (κ1) is 12.2. The van der Waals surface area contributed by atoms with Crippen LogP contribution in [0, 0.1) is 13.8 Å². The van der Waals surface area contributed by atoms with E-state index >= 15 is 0 Å². The molecule has 0 saturated heterocycles. The zero-order chi connectivity index (χ0) is 8.81. The third-order valence-corrected chi connectivity index (χ3v) is 1.66. The summed E-state index contributed by atoms with van der Waals surface area (Å²) in [5, 5.41) is 0. The first-order valence-electron chi connectivity index (χ1n) is 4.15. The summed E-state index contributed by atoms with van der Waals surface area (Å²) in [4.78, 5) is 0. The normalized spacial score (nSPS) is 8.15. The quantitative estimate of drug-likeness (QED) is 0.465. The molecule has 76 valence electrons. The molecule has 0 bridgehead atoms. The SMILES string of the molecule is C[c-]1[cH-][cH-][cH-][cH-]1.Cc1ccc[cH-]1.[Fe]. The van der Waals surface area contributed by atoms with Gasteiger partial charge in [0.25, 0.3) is 0 Å². The van der Waals surface area contributed by atoms with E-state index in [1.54, 1.807) is 0 Å². The fourth-order valence-corrected chi connectivity index (χ4v) is 0.940. The van der Waals surface area contributed by atoms with Crippen LogP contribution in [0.5, 0.6) is 0 Å². The Labute approximate surface area is 90.8 Å². The summed E-state index contributed by atoms with van der Waals surface area (Å²) in [7, 11) is 0. The van der Waals surface area contributed by atoms with Crippen LogP contribution in [0.15, 0.2) is 48.5 Å². The Morgan fingerprint density at radius 3 is 2.00 bits per heavy atom. The molecule has 0 N–H and O–H groups in total. The van der Waals surface area contributed by atoms with Crippen molar-refractivity contribution in [2.75, 3.05) is 0 Å². The number of hydrogen-bond acceptors (Lipinski definition) is 0. The van der Waals surface area contributed by atoms with E-state index < -0.39 is 0 Å². The Bertz CT molecular complexity index is 245. The van der Waals surface area contributed by atoms with E-state index in [0.29, 0.717) is 0 Å². The average molecular weight is 214 g/mol. The molecular weight excluding hydrogens is 200 g/mol. The van der Waals surface area contributed by atoms with Gasteiger partial charge in [0.2, 0.25) is 0 Å². The fourth-order valence-electron chi connectivity index (χ4n) is 0.940. The van der Waals surface area contributed by atoms with E-state index in [-0.39, 0.29) is 17.1 Å². The van der Waals surface area contributed by atoms with Crippen LogP contribution in [0.4, 0.5) is 0 Å². The molecule has 13 heavy (non-hydrogen) atoms. The van der Waals surface area contributed by atoms with Crippen molar-refractivity contribution in [1.82, 2.24) is 0 Å². The van der Waals surface area contributed by atoms with Crippen molar-refractivity contribution in [1.29, 1.82) is 0 Å². The van der Waals surface area contributed by atoms with Crippen molar-refractivity contribution in [3.63, 3.8) is 0 Å². The molecule has 1 heteroatoms. The molecule has 0 fully saturated rings. The third-order valence-electron chi connectivity index (χ3n) is 1.66. The van der Waals surface area contributed by atoms with E-state index in [2.05, 4.69) is 38.1 Å². The molecule has 2 aromatic rings. The van der Waals surface area contributed by atoms with Crippen molar-refractivity contribution in [2.24, 2.45) is 0 Å². The maximum absolute atomic E-state index is 2.08. The Morgan fingerprint density at radius 1 is 1.23 bits per heavy atom. The smallest absolute Gasteiger partial charge is 0 e. The predicted octanol–water partition coefficient (Wildman–Crippen LogP) is 3.43. The minimum atomic E-state index is 0. The van der Waals surface area contributed by atoms with Gasteiger partial charge < -0.3 is 29.8 Å². The molecule has 0 aliphatic heterocycles. The Balaban J connectivity index is 0.000000206. The van der Waals surface area contributed by atoms with Crippen molar-refractivity contribution in [2.45, 2.75) is 13.8 Å². The van der Waals surface area contributed by atoms with Crippen molar-refractivity contribution >= 4 is 0 Å². The van der Waals surface area contributed by atoms with Gasteiger partial charge in [-0.1, -0.05) is 6.92 Å². The summed E-state index contributed by atoms with van der Waals surface area (Å²) >= 11 is 0. The van der Waals surface area contributed by atoms with Gasteiger partial charge in [-0.05, 0) is 0 Å². The van der Waals surface area contributed by atoms with Gasteiger partial charge in [-0.3, -0.25) is 0 Å². The van der Waals surface area contributed by atoms with Crippen LogP contribution in [-0.2, 0) is 17.1 Å². The van der Waals surface area contributed by atoms with Gasteiger partial charge in [-0.2, -0.15) is 17.7 Å². The fraction of sp³-hybridized carbons (Fsp3) is 0.167. The van der Waals surface area contributed by atoms with Gasteiger partial charge in [-0.15, -0.1) is 0 Å². The van der Waals surface area contributed by atoms with E-state index in [1.165, 1.54) is 11.1 Å². The summed E-state index contributed by atoms with van der Waals surface area (Å²) < 4.78 is 0. The molecule has 0 spiro atoms. The van der Waals surface area contributed by atoms with E-state index in [4.69, 9.17) is 0 Å². The molecule has 0 nitrogen and oxygen atoms in total. The molecule has 0 radical (unpaired) electrons. The largest absolute Gasteiger partial charge is 0.748 e. The second-order valence-electron chi connectivity index (χ2n) is 2.92. The van der Waals surface area contributed by atoms with E-state index in [1.807, 2.05) is 24.3 Å². The molecule has 0 aliphatic carbocycles. The number of rotatable bonds is 0. The standard InChI is InChI=1S/2C6H7.Fe/c2*1-6-4-2-3-5-6;/h2*2-5H,1H3;/q-5;-1;. The van der Waals surface area contributed by atoms with Crippen molar-refractivity contribution in [3.8, 4) is 0 Å². The van der Waals surface area contributed by atoms with Crippen molar-refractivity contribution < 1.29 is 17.1 Å². The van der Waals surface area contributed by atoms with Crippen molar-refractivity contribution in [3.05, 3.63) is 59.7 Å². The second-order valence-corrected chi connectivity index (χ2v) is 2.92. The van der Waals surface area contributed by atoms with Gasteiger partial charge in [0, 0.05) is 17.1 Å². The minimum Gasteiger partial charge on any atom is -0.748 e. The summed E-state index contributed by atoms with van der Waals surface area (Å²) in [6.07, 6.45) is 0. The number of aryl methyl sites for hydroxylation is 2. The maximum Gasteiger partial charge on any atom is 0 e. The molecule has 0 heterocycles. The summed E-state index contributed by atoms with van der Waals surface area (Å²) in [6, 6.07) is 16.5. The molecular formula is C12H14Fe-6. The van der Waals surface area contributed by atoms with Gasteiger partial charge >= 0.3 is 0 Å². The van der Waals surface area contributed by atoms with Crippen LogP contribution < -0.4 is 0 Å². The van der Waals surface area contributed by atoms with Crippen LogP contribution in [-0.4, -0.2) is 0 Å². The topological polar surface area (TPSA) is 0 Å². The Hall–Kier alpha value is -0.781. The van der Waals surface area contributed by atoms with Gasteiger partial charge in [0.05, 0.1) is 0 Å². The van der Waals surface area contributed by atoms with Gasteiger partial charge in [0.15, 0.2) is 0 Å². The molecule has 0 atom stereocenters. The molecule has 0 unspecified atom stereocenters. The third kappa shape index (κ3) is 5.46. The molecule has 2 rings (SSSR count). The van der Waals surface area contributed by atoms with Crippen LogP contribution in [0.25, 0.3) is 0 Å². The molecule has 0 saturated carbocycles. The Morgan fingerprint density at radius 2 is 1.85 bits per heavy atom. The number of hydrogen-bond donors (Lipinski definition) is 0. The summed E-state index contributed by atoms with van der Waals surface area (Å²) in [6.45, 7) is 4.17. The predicted molar refractivity (Wildman–Crippen MR) is 53.5 cm³/mol. The Kier molecular flexibility index (Phi) is 6.30. The first-order valence-corrected chi connectivity index (χ1v) is 4.15. The van der Waals surface area contributed by atoms with Gasteiger partial charge in [-0.25, -0.2) is 19.1 Å². The van der Waals surface area contributed by atoms with Crippen LogP contribution in [0.1, 0.15) is 11.1 Å². The molecule has 0 aromatic heterocycles. The monoisotopic (exact) mass is 214 g/mol. The first-order chi connectivity index (χ1) is 5.79. The summed E-state index contributed by atoms with van der Waals surface area (Å²) in [5.74, 6) is 0. The molecule has 2 aromatic carbocycles. The zero-order valence-corrected chi connectivity index (χ0v) is 9.08. The second kappa shape index (κ2) is 6.71. The van der Waals surface area contributed by atoms with Crippen LogP contribution in [0.3, 0.4) is 0 Å². The van der Waals surface area contributed by atoms with Gasteiger partial charge in [0.1, 0.15) is 0 Å². The summed E-state index contributed by atoms with van der Waals surface area (Å²) in [5.41, 5.74) is 2.69. The molecule has 0 aliphatic rings. The van der Waals surface area contributed by atoms with Crippen LogP contribution in [0.2, 0.25) is 0 Å². The molecule has 0 amide bonds.